The van der Waals surface area contributed by atoms with Gasteiger partial charge in [-0.15, -0.1) is 0 Å². The summed E-state index contributed by atoms with van der Waals surface area (Å²) in [7, 11) is 0. The number of amides is 1. The summed E-state index contributed by atoms with van der Waals surface area (Å²) < 4.78 is 5.43. The highest BCUT2D eigenvalue weighted by Crippen LogP contribution is 2.29. The maximum atomic E-state index is 12.2. The van der Waals surface area contributed by atoms with E-state index in [9.17, 15) is 4.79 Å². The zero-order valence-electron chi connectivity index (χ0n) is 11.8. The smallest absolute Gasteiger partial charge is 0.410 e. The van der Waals surface area contributed by atoms with Crippen LogP contribution in [0.2, 0.25) is 0 Å². The molecule has 0 aliphatic carbocycles. The molecular formula is C16H22N2O2. The lowest BCUT2D eigenvalue weighted by molar-refractivity contribution is 0.0694. The van der Waals surface area contributed by atoms with Crippen LogP contribution in [0, 0.1) is 0 Å². The molecule has 1 aromatic rings. The Morgan fingerprint density at radius 2 is 2.05 bits per heavy atom. The fraction of sp³-hybridized carbons (Fsp3) is 0.562. The number of hydrogen-bond donors (Lipinski definition) is 1. The van der Waals surface area contributed by atoms with Gasteiger partial charge < -0.3 is 15.0 Å². The van der Waals surface area contributed by atoms with E-state index in [0.29, 0.717) is 6.61 Å². The molecule has 0 radical (unpaired) electrons. The van der Waals surface area contributed by atoms with Crippen molar-refractivity contribution in [1.82, 2.24) is 10.2 Å². The summed E-state index contributed by atoms with van der Waals surface area (Å²) in [5.74, 6) is 0. The van der Waals surface area contributed by atoms with Crippen molar-refractivity contribution in [2.75, 3.05) is 19.6 Å². The van der Waals surface area contributed by atoms with Crippen molar-refractivity contribution < 1.29 is 9.53 Å². The summed E-state index contributed by atoms with van der Waals surface area (Å²) in [6, 6.07) is 9.83. The Morgan fingerprint density at radius 1 is 1.25 bits per heavy atom. The molecule has 1 N–H and O–H groups in total. The average molecular weight is 274 g/mol. The van der Waals surface area contributed by atoms with E-state index in [0.717, 1.165) is 31.6 Å². The summed E-state index contributed by atoms with van der Waals surface area (Å²) in [6.45, 7) is 3.04. The van der Waals surface area contributed by atoms with Crippen molar-refractivity contribution >= 4 is 6.09 Å². The SMILES string of the molecule is O=C(OCc1ccccc1)N1CCC[C@]2(CCCN2)C1. The van der Waals surface area contributed by atoms with Gasteiger partial charge in [0.1, 0.15) is 6.61 Å². The first-order chi connectivity index (χ1) is 9.77. The molecule has 2 heterocycles. The molecule has 0 bridgehead atoms. The van der Waals surface area contributed by atoms with E-state index in [-0.39, 0.29) is 11.6 Å². The lowest BCUT2D eigenvalue weighted by atomic mass is 9.88. The first-order valence-electron chi connectivity index (χ1n) is 7.48. The number of nitrogens with one attached hydrogen (secondary N) is 1. The number of ether oxygens (including phenoxy) is 1. The Morgan fingerprint density at radius 3 is 2.80 bits per heavy atom. The molecule has 0 unspecified atom stereocenters. The molecule has 2 fully saturated rings. The fourth-order valence-electron chi connectivity index (χ4n) is 3.32. The lowest BCUT2D eigenvalue weighted by Gasteiger charge is -2.40. The second-order valence-electron chi connectivity index (χ2n) is 5.88. The molecule has 4 heteroatoms. The predicted molar refractivity (Wildman–Crippen MR) is 77.4 cm³/mol. The lowest BCUT2D eigenvalue weighted by Crippen LogP contribution is -2.55. The van der Waals surface area contributed by atoms with Gasteiger partial charge in [-0.1, -0.05) is 30.3 Å². The number of carbonyl (C=O) groups is 1. The largest absolute Gasteiger partial charge is 0.445 e. The molecule has 1 atom stereocenters. The van der Waals surface area contributed by atoms with Crippen LogP contribution in [0.1, 0.15) is 31.2 Å². The molecule has 0 aromatic heterocycles. The van der Waals surface area contributed by atoms with Crippen LogP contribution in [-0.4, -0.2) is 36.2 Å². The molecule has 1 spiro atoms. The zero-order chi connectivity index (χ0) is 13.8. The third-order valence-corrected chi connectivity index (χ3v) is 4.37. The monoisotopic (exact) mass is 274 g/mol. The van der Waals surface area contributed by atoms with Crippen LogP contribution in [0.3, 0.4) is 0 Å². The maximum absolute atomic E-state index is 12.2. The summed E-state index contributed by atoms with van der Waals surface area (Å²) in [4.78, 5) is 14.1. The van der Waals surface area contributed by atoms with Gasteiger partial charge in [0.25, 0.3) is 0 Å². The Labute approximate surface area is 120 Å². The van der Waals surface area contributed by atoms with E-state index in [1.54, 1.807) is 0 Å². The number of benzene rings is 1. The van der Waals surface area contributed by atoms with E-state index >= 15 is 0 Å². The molecule has 3 rings (SSSR count). The third kappa shape index (κ3) is 2.96. The standard InChI is InChI=1S/C16H22N2O2/c19-15(20-12-14-6-2-1-3-7-14)18-11-5-9-16(13-18)8-4-10-17-16/h1-3,6-7,17H,4-5,8-13H2/t16-/m1/s1. The van der Waals surface area contributed by atoms with Crippen LogP contribution in [-0.2, 0) is 11.3 Å². The van der Waals surface area contributed by atoms with Gasteiger partial charge in [-0.25, -0.2) is 4.79 Å². The van der Waals surface area contributed by atoms with E-state index in [2.05, 4.69) is 5.32 Å². The Balaban J connectivity index is 1.54. The second-order valence-corrected chi connectivity index (χ2v) is 5.88. The average Bonchev–Trinajstić information content (AvgIpc) is 2.93. The fourth-order valence-corrected chi connectivity index (χ4v) is 3.32. The summed E-state index contributed by atoms with van der Waals surface area (Å²) >= 11 is 0. The number of likely N-dealkylation sites (tertiary alicyclic amines) is 1. The van der Waals surface area contributed by atoms with E-state index in [1.165, 1.54) is 19.3 Å². The van der Waals surface area contributed by atoms with Gasteiger partial charge in [0.05, 0.1) is 0 Å². The van der Waals surface area contributed by atoms with Crippen LogP contribution in [0.25, 0.3) is 0 Å². The minimum atomic E-state index is -0.179. The highest BCUT2D eigenvalue weighted by molar-refractivity contribution is 5.68. The Kier molecular flexibility index (Phi) is 3.92. The van der Waals surface area contributed by atoms with Gasteiger partial charge in [-0.2, -0.15) is 0 Å². The van der Waals surface area contributed by atoms with Crippen molar-refractivity contribution in [2.24, 2.45) is 0 Å². The maximum Gasteiger partial charge on any atom is 0.410 e. The van der Waals surface area contributed by atoms with E-state index < -0.39 is 0 Å². The molecule has 20 heavy (non-hydrogen) atoms. The molecule has 2 aliphatic heterocycles. The predicted octanol–water partition coefficient (Wildman–Crippen LogP) is 2.54. The van der Waals surface area contributed by atoms with Gasteiger partial charge in [0.15, 0.2) is 0 Å². The van der Waals surface area contributed by atoms with Crippen molar-refractivity contribution in [2.45, 2.75) is 37.8 Å². The van der Waals surface area contributed by atoms with Gasteiger partial charge in [-0.05, 0) is 37.8 Å². The van der Waals surface area contributed by atoms with Crippen LogP contribution in [0.5, 0.6) is 0 Å². The molecule has 1 aromatic carbocycles. The Bertz CT molecular complexity index is 455. The van der Waals surface area contributed by atoms with Gasteiger partial charge in [0, 0.05) is 18.6 Å². The van der Waals surface area contributed by atoms with Crippen LogP contribution < -0.4 is 5.32 Å². The van der Waals surface area contributed by atoms with Gasteiger partial charge in [0.2, 0.25) is 0 Å². The van der Waals surface area contributed by atoms with Gasteiger partial charge in [-0.3, -0.25) is 0 Å². The Hall–Kier alpha value is -1.55. The molecule has 0 saturated carbocycles. The first kappa shape index (κ1) is 13.4. The number of nitrogens with zero attached hydrogens (tertiary/aromatic N) is 1. The number of piperidine rings is 1. The van der Waals surface area contributed by atoms with E-state index in [1.807, 2.05) is 35.2 Å². The second kappa shape index (κ2) is 5.83. The van der Waals surface area contributed by atoms with Crippen molar-refractivity contribution in [1.29, 1.82) is 0 Å². The molecule has 4 nitrogen and oxygen atoms in total. The normalized spacial score (nSPS) is 25.9. The molecule has 108 valence electrons. The number of carbonyl (C=O) groups excluding carboxylic acids is 1. The molecule has 2 saturated heterocycles. The van der Waals surface area contributed by atoms with Crippen LogP contribution in [0.15, 0.2) is 30.3 Å². The summed E-state index contributed by atoms with van der Waals surface area (Å²) in [6.07, 6.45) is 4.45. The van der Waals surface area contributed by atoms with Crippen molar-refractivity contribution in [3.05, 3.63) is 35.9 Å². The number of hydrogen-bond acceptors (Lipinski definition) is 3. The van der Waals surface area contributed by atoms with Crippen LogP contribution >= 0.6 is 0 Å². The van der Waals surface area contributed by atoms with E-state index in [4.69, 9.17) is 4.74 Å². The third-order valence-electron chi connectivity index (χ3n) is 4.37. The van der Waals surface area contributed by atoms with Crippen molar-refractivity contribution in [3.8, 4) is 0 Å². The first-order valence-corrected chi connectivity index (χ1v) is 7.48. The zero-order valence-corrected chi connectivity index (χ0v) is 11.8. The van der Waals surface area contributed by atoms with Crippen LogP contribution in [0.4, 0.5) is 4.79 Å². The minimum absolute atomic E-state index is 0.157. The minimum Gasteiger partial charge on any atom is -0.445 e. The molecule has 2 aliphatic rings. The summed E-state index contributed by atoms with van der Waals surface area (Å²) in [5.41, 5.74) is 1.19. The van der Waals surface area contributed by atoms with Crippen molar-refractivity contribution in [3.63, 3.8) is 0 Å². The topological polar surface area (TPSA) is 41.6 Å². The highest BCUT2D eigenvalue weighted by Gasteiger charge is 2.39. The quantitative estimate of drug-likeness (QED) is 0.901. The number of rotatable bonds is 2. The highest BCUT2D eigenvalue weighted by atomic mass is 16.6. The van der Waals surface area contributed by atoms with Gasteiger partial charge >= 0.3 is 6.09 Å². The summed E-state index contributed by atoms with van der Waals surface area (Å²) in [5, 5.41) is 3.58. The molecular weight excluding hydrogens is 252 g/mol. The molecule has 1 amide bonds.